The molecule has 1 unspecified atom stereocenters. The molecule has 0 rings (SSSR count). The molecule has 0 aliphatic rings. The number of carbonyl (C=O) groups is 1. The van der Waals surface area contributed by atoms with Gasteiger partial charge in [0, 0.05) is 0 Å². The van der Waals surface area contributed by atoms with Gasteiger partial charge < -0.3 is 10.1 Å². The summed E-state index contributed by atoms with van der Waals surface area (Å²) in [6.45, 7) is 5.23. The Morgan fingerprint density at radius 1 is 1.78 bits per heavy atom. The Kier molecular flexibility index (Phi) is 2.65. The fourth-order valence-electron chi connectivity index (χ4n) is 0.327. The highest BCUT2D eigenvalue weighted by molar-refractivity contribution is 5.80. The van der Waals surface area contributed by atoms with E-state index in [4.69, 9.17) is 0 Å². The average molecular weight is 130 g/mol. The largest absolute Gasteiger partial charge is 0.468 e. The zero-order valence-electron chi connectivity index (χ0n) is 6.02. The molecule has 9 heavy (non-hydrogen) atoms. The van der Waals surface area contributed by atoms with Crippen molar-refractivity contribution >= 4 is 5.97 Å². The zero-order chi connectivity index (χ0) is 7.49. The molecule has 0 bridgehead atoms. The normalized spacial score (nSPS) is 11.1. The Bertz CT molecular complexity index is 110. The summed E-state index contributed by atoms with van der Waals surface area (Å²) in [6.07, 6.45) is 0. The highest BCUT2D eigenvalue weighted by Gasteiger charge is 2.25. The number of nitrogens with one attached hydrogen (secondary N) is 1. The molecule has 3 nitrogen and oxygen atoms in total. The minimum Gasteiger partial charge on any atom is -0.468 e. The SMILES string of the molecule is [CH2]C(C)(NC)C(=O)OC. The van der Waals surface area contributed by atoms with E-state index in [0.717, 1.165) is 0 Å². The molecule has 0 aromatic rings. The van der Waals surface area contributed by atoms with E-state index in [1.807, 2.05) is 0 Å². The third-order valence-corrected chi connectivity index (χ3v) is 1.19. The number of carbonyl (C=O) groups excluding carboxylic acids is 1. The number of hydrogen-bond donors (Lipinski definition) is 1. The van der Waals surface area contributed by atoms with Crippen molar-refractivity contribution in [2.45, 2.75) is 12.5 Å². The monoisotopic (exact) mass is 130 g/mol. The van der Waals surface area contributed by atoms with Gasteiger partial charge in [-0.2, -0.15) is 0 Å². The van der Waals surface area contributed by atoms with Gasteiger partial charge in [0.05, 0.1) is 7.11 Å². The number of ether oxygens (including phenoxy) is 1. The second-order valence-electron chi connectivity index (χ2n) is 2.07. The number of likely N-dealkylation sites (N-methyl/N-ethyl adjacent to an activating group) is 1. The van der Waals surface area contributed by atoms with Crippen LogP contribution < -0.4 is 5.32 Å². The van der Waals surface area contributed by atoms with Gasteiger partial charge in [-0.1, -0.05) is 0 Å². The number of methoxy groups -OCH3 is 1. The third-order valence-electron chi connectivity index (χ3n) is 1.19. The van der Waals surface area contributed by atoms with E-state index in [-0.39, 0.29) is 5.97 Å². The molecule has 3 heteroatoms. The molecular weight excluding hydrogens is 118 g/mol. The molecule has 0 saturated heterocycles. The standard InChI is InChI=1S/C6H12NO2/c1-6(2,7-3)5(8)9-4/h7H,1H2,2-4H3. The smallest absolute Gasteiger partial charge is 0.325 e. The summed E-state index contributed by atoms with van der Waals surface area (Å²) in [5.74, 6) is -0.356. The van der Waals surface area contributed by atoms with E-state index in [0.29, 0.717) is 0 Å². The van der Waals surface area contributed by atoms with Gasteiger partial charge in [0.1, 0.15) is 5.54 Å². The van der Waals surface area contributed by atoms with E-state index in [1.165, 1.54) is 7.11 Å². The maximum absolute atomic E-state index is 10.7. The molecule has 1 radical (unpaired) electrons. The minimum atomic E-state index is -0.811. The van der Waals surface area contributed by atoms with Crippen LogP contribution in [0.4, 0.5) is 0 Å². The fourth-order valence-corrected chi connectivity index (χ4v) is 0.327. The van der Waals surface area contributed by atoms with Crippen molar-refractivity contribution in [3.63, 3.8) is 0 Å². The summed E-state index contributed by atoms with van der Waals surface area (Å²) >= 11 is 0. The quantitative estimate of drug-likeness (QED) is 0.533. The van der Waals surface area contributed by atoms with Crippen LogP contribution in [0.1, 0.15) is 6.92 Å². The van der Waals surface area contributed by atoms with Crippen molar-refractivity contribution in [1.29, 1.82) is 0 Å². The highest BCUT2D eigenvalue weighted by atomic mass is 16.5. The van der Waals surface area contributed by atoms with Gasteiger partial charge in [0.2, 0.25) is 0 Å². The first-order chi connectivity index (χ1) is 4.04. The van der Waals surface area contributed by atoms with Crippen LogP contribution in [0.5, 0.6) is 0 Å². The molecule has 0 spiro atoms. The van der Waals surface area contributed by atoms with E-state index in [2.05, 4.69) is 17.0 Å². The molecule has 0 aliphatic carbocycles. The second-order valence-corrected chi connectivity index (χ2v) is 2.07. The summed E-state index contributed by atoms with van der Waals surface area (Å²) in [5, 5.41) is 2.71. The maximum atomic E-state index is 10.7. The summed E-state index contributed by atoms with van der Waals surface area (Å²) in [5.41, 5.74) is -0.811. The summed E-state index contributed by atoms with van der Waals surface area (Å²) in [6, 6.07) is 0. The molecular formula is C6H12NO2. The van der Waals surface area contributed by atoms with Crippen LogP contribution in [0.2, 0.25) is 0 Å². The summed E-state index contributed by atoms with van der Waals surface area (Å²) in [7, 11) is 2.99. The lowest BCUT2D eigenvalue weighted by Gasteiger charge is -2.19. The topological polar surface area (TPSA) is 38.3 Å². The summed E-state index contributed by atoms with van der Waals surface area (Å²) in [4.78, 5) is 10.7. The highest BCUT2D eigenvalue weighted by Crippen LogP contribution is 2.00. The van der Waals surface area contributed by atoms with Gasteiger partial charge >= 0.3 is 5.97 Å². The molecule has 0 saturated carbocycles. The predicted molar refractivity (Wildman–Crippen MR) is 34.8 cm³/mol. The van der Waals surface area contributed by atoms with E-state index in [9.17, 15) is 4.79 Å². The average Bonchev–Trinajstić information content (AvgIpc) is 1.86. The number of hydrogen-bond acceptors (Lipinski definition) is 3. The van der Waals surface area contributed by atoms with Crippen LogP contribution in [0.25, 0.3) is 0 Å². The molecule has 0 amide bonds. The minimum absolute atomic E-state index is 0.356. The van der Waals surface area contributed by atoms with Crippen molar-refractivity contribution in [2.75, 3.05) is 14.2 Å². The lowest BCUT2D eigenvalue weighted by molar-refractivity contribution is -0.145. The molecule has 0 aliphatic heterocycles. The third kappa shape index (κ3) is 2.01. The van der Waals surface area contributed by atoms with E-state index >= 15 is 0 Å². The first kappa shape index (κ1) is 8.43. The molecule has 53 valence electrons. The maximum Gasteiger partial charge on any atom is 0.325 e. The molecule has 0 heterocycles. The Hall–Kier alpha value is -0.570. The van der Waals surface area contributed by atoms with Crippen molar-refractivity contribution < 1.29 is 9.53 Å². The van der Waals surface area contributed by atoms with Crippen LogP contribution in [-0.2, 0) is 9.53 Å². The molecule has 1 N–H and O–H groups in total. The van der Waals surface area contributed by atoms with Gasteiger partial charge in [0.15, 0.2) is 0 Å². The first-order valence-corrected chi connectivity index (χ1v) is 2.67. The zero-order valence-corrected chi connectivity index (χ0v) is 6.02. The Morgan fingerprint density at radius 2 is 2.22 bits per heavy atom. The molecule has 1 atom stereocenters. The van der Waals surface area contributed by atoms with Crippen LogP contribution in [0.3, 0.4) is 0 Å². The van der Waals surface area contributed by atoms with Crippen LogP contribution in [0.15, 0.2) is 0 Å². The van der Waals surface area contributed by atoms with Gasteiger partial charge in [-0.3, -0.25) is 4.79 Å². The van der Waals surface area contributed by atoms with E-state index < -0.39 is 5.54 Å². The van der Waals surface area contributed by atoms with Gasteiger partial charge in [-0.15, -0.1) is 0 Å². The number of esters is 1. The Morgan fingerprint density at radius 3 is 2.33 bits per heavy atom. The Balaban J connectivity index is 3.97. The van der Waals surface area contributed by atoms with Crippen molar-refractivity contribution in [1.82, 2.24) is 5.32 Å². The molecule has 0 aromatic heterocycles. The lowest BCUT2D eigenvalue weighted by atomic mass is 10.1. The van der Waals surface area contributed by atoms with Crippen molar-refractivity contribution in [3.05, 3.63) is 6.92 Å². The van der Waals surface area contributed by atoms with Gasteiger partial charge in [-0.25, -0.2) is 0 Å². The Labute approximate surface area is 55.4 Å². The van der Waals surface area contributed by atoms with Crippen LogP contribution in [0, 0.1) is 6.92 Å². The van der Waals surface area contributed by atoms with E-state index in [1.54, 1.807) is 14.0 Å². The first-order valence-electron chi connectivity index (χ1n) is 2.67. The lowest BCUT2D eigenvalue weighted by Crippen LogP contribution is -2.45. The number of rotatable bonds is 2. The van der Waals surface area contributed by atoms with Gasteiger partial charge in [-0.05, 0) is 20.9 Å². The predicted octanol–water partition coefficient (Wildman–Crippen LogP) is -0.0284. The van der Waals surface area contributed by atoms with Crippen LogP contribution in [-0.4, -0.2) is 25.7 Å². The second kappa shape index (κ2) is 2.82. The van der Waals surface area contributed by atoms with Gasteiger partial charge in [0.25, 0.3) is 0 Å². The summed E-state index contributed by atoms with van der Waals surface area (Å²) < 4.78 is 4.44. The molecule has 0 aromatic carbocycles. The molecule has 0 fully saturated rings. The van der Waals surface area contributed by atoms with Crippen LogP contribution >= 0.6 is 0 Å². The fraction of sp³-hybridized carbons (Fsp3) is 0.667. The van der Waals surface area contributed by atoms with Crippen molar-refractivity contribution in [2.24, 2.45) is 0 Å². The van der Waals surface area contributed by atoms with Crippen molar-refractivity contribution in [3.8, 4) is 0 Å².